The number of ether oxygens (including phenoxy) is 2. The number of methoxy groups -OCH3 is 1. The van der Waals surface area contributed by atoms with Crippen molar-refractivity contribution in [2.24, 2.45) is 5.41 Å². The largest absolute Gasteiger partial charge is 0.375 e. The zero-order valence-electron chi connectivity index (χ0n) is 30.8. The Morgan fingerprint density at radius 2 is 1.15 bits per heavy atom. The van der Waals surface area contributed by atoms with Gasteiger partial charge in [-0.2, -0.15) is 0 Å². The Bertz CT molecular complexity index is 1020. The highest BCUT2D eigenvalue weighted by molar-refractivity contribution is 8.76. The van der Waals surface area contributed by atoms with Crippen LogP contribution in [-0.4, -0.2) is 74.3 Å². The van der Waals surface area contributed by atoms with Gasteiger partial charge < -0.3 is 25.4 Å². The molecule has 0 bridgehead atoms. The maximum Gasteiger partial charge on any atom is 0.249 e. The van der Waals surface area contributed by atoms with Crippen LogP contribution >= 0.6 is 21.6 Å². The molecule has 0 aliphatic heterocycles. The summed E-state index contributed by atoms with van der Waals surface area (Å²) in [5.41, 5.74) is -0.835. The Balaban J connectivity index is 3.76. The van der Waals surface area contributed by atoms with E-state index in [0.29, 0.717) is 26.1 Å². The second kappa shape index (κ2) is 29.6. The summed E-state index contributed by atoms with van der Waals surface area (Å²) >= 11 is 0. The number of nitrogens with one attached hydrogen (secondary N) is 3. The van der Waals surface area contributed by atoms with Crippen molar-refractivity contribution >= 4 is 39.3 Å². The molecule has 0 spiro atoms. The van der Waals surface area contributed by atoms with Crippen molar-refractivity contribution in [2.45, 2.75) is 111 Å². The monoisotopic (exact) mass is 707 g/mol. The van der Waals surface area contributed by atoms with Crippen LogP contribution in [0.1, 0.15) is 99.3 Å². The van der Waals surface area contributed by atoms with Crippen LogP contribution in [0.2, 0.25) is 0 Å². The van der Waals surface area contributed by atoms with Gasteiger partial charge in [-0.3, -0.25) is 14.4 Å². The minimum Gasteiger partial charge on any atom is -0.375 e. The minimum atomic E-state index is -0.685. The first-order valence-electron chi connectivity index (χ1n) is 17.4. The summed E-state index contributed by atoms with van der Waals surface area (Å²) in [6.07, 6.45) is 28.6. The zero-order chi connectivity index (χ0) is 35.9. The second-order valence-corrected chi connectivity index (χ2v) is 15.7. The fourth-order valence-corrected chi connectivity index (χ4v) is 5.97. The maximum absolute atomic E-state index is 12.7. The van der Waals surface area contributed by atoms with E-state index in [1.54, 1.807) is 21.6 Å². The van der Waals surface area contributed by atoms with Crippen LogP contribution in [0.15, 0.2) is 60.8 Å². The first-order chi connectivity index (χ1) is 22.9. The van der Waals surface area contributed by atoms with Crippen LogP contribution < -0.4 is 16.0 Å². The third-order valence-corrected chi connectivity index (χ3v) is 9.15. The molecular formula is C38H65N3O5S2. The minimum absolute atomic E-state index is 0.0888. The van der Waals surface area contributed by atoms with E-state index >= 15 is 0 Å². The fourth-order valence-electron chi connectivity index (χ4n) is 4.16. The highest BCUT2D eigenvalue weighted by Crippen LogP contribution is 2.26. The summed E-state index contributed by atoms with van der Waals surface area (Å²) in [6, 6.07) is 0. The molecule has 0 aromatic rings. The van der Waals surface area contributed by atoms with Crippen LogP contribution in [0.25, 0.3) is 0 Å². The van der Waals surface area contributed by atoms with Crippen molar-refractivity contribution in [3.8, 4) is 0 Å². The molecule has 274 valence electrons. The fraction of sp³-hybridized carbons (Fsp3) is 0.658. The summed E-state index contributed by atoms with van der Waals surface area (Å²) < 4.78 is 11.3. The lowest BCUT2D eigenvalue weighted by molar-refractivity contribution is -0.145. The van der Waals surface area contributed by atoms with Gasteiger partial charge in [-0.05, 0) is 65.7 Å². The first-order valence-corrected chi connectivity index (χ1v) is 19.9. The summed E-state index contributed by atoms with van der Waals surface area (Å²) in [6.45, 7) is 13.7. The second-order valence-electron chi connectivity index (χ2n) is 13.0. The highest BCUT2D eigenvalue weighted by atomic mass is 33.1. The van der Waals surface area contributed by atoms with E-state index in [1.807, 2.05) is 34.6 Å². The molecule has 0 aromatic heterocycles. The number of amides is 3. The Kier molecular flexibility index (Phi) is 28.2. The molecule has 8 nitrogen and oxygen atoms in total. The van der Waals surface area contributed by atoms with E-state index in [0.717, 1.165) is 56.5 Å². The predicted octanol–water partition coefficient (Wildman–Crippen LogP) is 7.88. The third-order valence-electron chi connectivity index (χ3n) is 6.74. The molecule has 3 amide bonds. The quantitative estimate of drug-likeness (QED) is 0.0432. The molecule has 0 fully saturated rings. The third kappa shape index (κ3) is 28.7. The van der Waals surface area contributed by atoms with Gasteiger partial charge in [0.25, 0.3) is 0 Å². The Labute approximate surface area is 300 Å². The van der Waals surface area contributed by atoms with E-state index in [-0.39, 0.29) is 36.3 Å². The molecule has 0 heterocycles. The van der Waals surface area contributed by atoms with E-state index in [4.69, 9.17) is 9.47 Å². The van der Waals surface area contributed by atoms with Crippen LogP contribution in [0.5, 0.6) is 0 Å². The van der Waals surface area contributed by atoms with Gasteiger partial charge in [0, 0.05) is 56.5 Å². The summed E-state index contributed by atoms with van der Waals surface area (Å²) in [5.74, 6) is 1.30. The number of unbranched alkanes of at least 4 members (excludes halogenated alkanes) is 1. The van der Waals surface area contributed by atoms with Crippen LogP contribution in [0.3, 0.4) is 0 Å². The zero-order valence-corrected chi connectivity index (χ0v) is 32.4. The Morgan fingerprint density at radius 3 is 1.62 bits per heavy atom. The summed E-state index contributed by atoms with van der Waals surface area (Å²) in [4.78, 5) is 36.9. The molecule has 0 unspecified atom stereocenters. The van der Waals surface area contributed by atoms with E-state index in [2.05, 4.69) is 83.6 Å². The lowest BCUT2D eigenvalue weighted by atomic mass is 9.86. The van der Waals surface area contributed by atoms with Gasteiger partial charge in [-0.1, -0.05) is 103 Å². The van der Waals surface area contributed by atoms with Gasteiger partial charge in [0.15, 0.2) is 0 Å². The van der Waals surface area contributed by atoms with Crippen molar-refractivity contribution < 1.29 is 23.9 Å². The van der Waals surface area contributed by atoms with Gasteiger partial charge in [0.2, 0.25) is 17.7 Å². The Morgan fingerprint density at radius 1 is 0.667 bits per heavy atom. The molecule has 0 saturated carbocycles. The van der Waals surface area contributed by atoms with Gasteiger partial charge in [0.05, 0.1) is 12.2 Å². The average Bonchev–Trinajstić information content (AvgIpc) is 3.02. The number of rotatable bonds is 28. The van der Waals surface area contributed by atoms with E-state index < -0.39 is 11.5 Å². The van der Waals surface area contributed by atoms with Gasteiger partial charge in [-0.25, -0.2) is 0 Å². The first kappa shape index (κ1) is 45.7. The number of hydrogen-bond acceptors (Lipinski definition) is 7. The van der Waals surface area contributed by atoms with Crippen molar-refractivity contribution in [1.82, 2.24) is 16.0 Å². The average molecular weight is 708 g/mol. The molecule has 48 heavy (non-hydrogen) atoms. The maximum atomic E-state index is 12.7. The molecule has 0 radical (unpaired) electrons. The van der Waals surface area contributed by atoms with Gasteiger partial charge in [0.1, 0.15) is 6.10 Å². The topological polar surface area (TPSA) is 106 Å². The normalized spacial score (nSPS) is 13.4. The number of allylic oxidation sites excluding steroid dienone is 10. The van der Waals surface area contributed by atoms with Crippen molar-refractivity contribution in [1.29, 1.82) is 0 Å². The van der Waals surface area contributed by atoms with Crippen LogP contribution in [0.4, 0.5) is 0 Å². The molecule has 0 aliphatic rings. The predicted molar refractivity (Wildman–Crippen MR) is 207 cm³/mol. The smallest absolute Gasteiger partial charge is 0.249 e. The summed E-state index contributed by atoms with van der Waals surface area (Å²) in [7, 11) is 4.85. The molecule has 3 N–H and O–H groups in total. The van der Waals surface area contributed by atoms with Crippen LogP contribution in [-0.2, 0) is 23.9 Å². The lowest BCUT2D eigenvalue weighted by Crippen LogP contribution is -2.48. The molecule has 0 rings (SSSR count). The molecular weight excluding hydrogens is 643 g/mol. The van der Waals surface area contributed by atoms with Gasteiger partial charge in [-0.15, -0.1) is 0 Å². The van der Waals surface area contributed by atoms with Crippen LogP contribution in [0, 0.1) is 5.41 Å². The number of carbonyl (C=O) groups excluding carboxylic acids is 3. The lowest BCUT2D eigenvalue weighted by Gasteiger charge is -2.34. The number of carbonyl (C=O) groups is 3. The SMILES string of the molecule is CC/C=C\C/C=C\C/C=C\C/C=C\C/C=C\CCCC(=O)NCCSSCCNC(=O)CCNC(=O)[C@H](OC)C(C)(C)COC(C)(C)C. The standard InChI is InChI=1S/C38H65N3O5S2/c1-8-9-10-11-12-13-14-15-16-17-18-19-20-21-22-23-24-25-33(42)39-28-30-47-48-31-29-40-34(43)26-27-41-36(44)35(45-7)38(5,6)32-46-37(2,3)4/h9-10,12-13,15-16,18-19,21-22,35H,8,11,14,17,20,23-32H2,1-7H3,(H,39,42)(H,40,43)(H,41,44)/b10-9-,13-12-,16-15-,19-18-,22-21-/t35-/m0/s1. The van der Waals surface area contributed by atoms with E-state index in [1.165, 1.54) is 7.11 Å². The number of hydrogen-bond donors (Lipinski definition) is 3. The van der Waals surface area contributed by atoms with Gasteiger partial charge >= 0.3 is 0 Å². The molecule has 0 aromatic carbocycles. The van der Waals surface area contributed by atoms with Crippen molar-refractivity contribution in [2.75, 3.05) is 44.9 Å². The van der Waals surface area contributed by atoms with E-state index in [9.17, 15) is 14.4 Å². The molecule has 10 heteroatoms. The van der Waals surface area contributed by atoms with Crippen molar-refractivity contribution in [3.05, 3.63) is 60.8 Å². The molecule has 0 saturated heterocycles. The molecule has 1 atom stereocenters. The highest BCUT2D eigenvalue weighted by Gasteiger charge is 2.36. The summed E-state index contributed by atoms with van der Waals surface area (Å²) in [5, 5.41) is 8.66. The van der Waals surface area contributed by atoms with Crippen molar-refractivity contribution in [3.63, 3.8) is 0 Å². The molecule has 0 aliphatic carbocycles. The Hall–Kier alpha value is -2.27.